The molecule has 0 radical (unpaired) electrons. The molecule has 0 heterocycles. The molecular weight excluding hydrogens is 352 g/mol. The highest BCUT2D eigenvalue weighted by atomic mass is 79.9. The Labute approximate surface area is 124 Å². The van der Waals surface area contributed by atoms with Crippen molar-refractivity contribution in [1.29, 1.82) is 0 Å². The third-order valence-electron chi connectivity index (χ3n) is 2.21. The molecule has 1 aromatic carbocycles. The topological polar surface area (TPSA) is 113 Å². The maximum Gasteiger partial charge on any atom is 0.336 e. The van der Waals surface area contributed by atoms with Crippen LogP contribution in [0.2, 0.25) is 0 Å². The molecule has 9 heteroatoms. The van der Waals surface area contributed by atoms with Crippen LogP contribution in [-0.2, 0) is 9.84 Å². The number of carbonyl (C=O) groups is 2. The lowest BCUT2D eigenvalue weighted by Gasteiger charge is -2.08. The Morgan fingerprint density at radius 1 is 1.35 bits per heavy atom. The van der Waals surface area contributed by atoms with Crippen LogP contribution in [0.1, 0.15) is 10.4 Å². The van der Waals surface area contributed by atoms with Crippen molar-refractivity contribution in [3.05, 3.63) is 28.2 Å². The fourth-order valence-corrected chi connectivity index (χ4v) is 2.18. The fourth-order valence-electron chi connectivity index (χ4n) is 1.29. The molecule has 20 heavy (non-hydrogen) atoms. The Balaban J connectivity index is 2.63. The largest absolute Gasteiger partial charge is 0.478 e. The molecule has 0 aliphatic rings. The lowest BCUT2D eigenvalue weighted by Crippen LogP contribution is -2.32. The molecule has 0 saturated heterocycles. The third-order valence-corrected chi connectivity index (χ3v) is 3.85. The predicted molar refractivity (Wildman–Crippen MR) is 77.8 cm³/mol. The number of rotatable bonds is 5. The van der Waals surface area contributed by atoms with E-state index in [-0.39, 0.29) is 17.9 Å². The molecule has 0 saturated carbocycles. The Morgan fingerprint density at radius 3 is 2.55 bits per heavy atom. The van der Waals surface area contributed by atoms with Gasteiger partial charge in [-0.15, -0.1) is 0 Å². The number of carboxylic acid groups (broad SMARTS) is 1. The number of urea groups is 1. The van der Waals surface area contributed by atoms with E-state index in [0.29, 0.717) is 10.2 Å². The van der Waals surface area contributed by atoms with Crippen LogP contribution in [0.15, 0.2) is 22.7 Å². The summed E-state index contributed by atoms with van der Waals surface area (Å²) in [4.78, 5) is 22.4. The minimum Gasteiger partial charge on any atom is -0.478 e. The molecule has 0 fully saturated rings. The summed E-state index contributed by atoms with van der Waals surface area (Å²) >= 11 is 3.09. The zero-order chi connectivity index (χ0) is 15.3. The molecule has 0 aliphatic heterocycles. The van der Waals surface area contributed by atoms with Crippen molar-refractivity contribution in [3.63, 3.8) is 0 Å². The van der Waals surface area contributed by atoms with Gasteiger partial charge in [-0.1, -0.05) is 0 Å². The van der Waals surface area contributed by atoms with E-state index in [1.54, 1.807) is 0 Å². The molecule has 0 atom stereocenters. The summed E-state index contributed by atoms with van der Waals surface area (Å²) in [6.07, 6.45) is 1.07. The Hall–Kier alpha value is -1.61. The SMILES string of the molecule is CS(=O)(=O)CCNC(=O)Nc1ccc(Br)c(C(=O)O)c1. The van der Waals surface area contributed by atoms with Crippen LogP contribution in [0.25, 0.3) is 0 Å². The summed E-state index contributed by atoms with van der Waals surface area (Å²) < 4.78 is 22.2. The zero-order valence-electron chi connectivity index (χ0n) is 10.5. The van der Waals surface area contributed by atoms with Gasteiger partial charge in [0, 0.05) is 23.0 Å². The number of anilines is 1. The molecule has 0 spiro atoms. The van der Waals surface area contributed by atoms with Crippen molar-refractivity contribution >= 4 is 43.5 Å². The maximum absolute atomic E-state index is 11.5. The van der Waals surface area contributed by atoms with Crippen LogP contribution < -0.4 is 10.6 Å². The number of benzene rings is 1. The van der Waals surface area contributed by atoms with Gasteiger partial charge in [-0.05, 0) is 34.1 Å². The zero-order valence-corrected chi connectivity index (χ0v) is 12.9. The van der Waals surface area contributed by atoms with E-state index in [1.807, 2.05) is 0 Å². The third kappa shape index (κ3) is 5.57. The number of aromatic carboxylic acids is 1. The van der Waals surface area contributed by atoms with Gasteiger partial charge in [-0.2, -0.15) is 0 Å². The van der Waals surface area contributed by atoms with Gasteiger partial charge < -0.3 is 15.7 Å². The average Bonchev–Trinajstić information content (AvgIpc) is 2.29. The highest BCUT2D eigenvalue weighted by molar-refractivity contribution is 9.10. The Bertz CT molecular complexity index is 630. The lowest BCUT2D eigenvalue weighted by molar-refractivity contribution is 0.0696. The summed E-state index contributed by atoms with van der Waals surface area (Å²) in [5.74, 6) is -1.29. The number of hydrogen-bond acceptors (Lipinski definition) is 4. The van der Waals surface area contributed by atoms with Crippen molar-refractivity contribution in [2.45, 2.75) is 0 Å². The molecule has 1 rings (SSSR count). The smallest absolute Gasteiger partial charge is 0.336 e. The number of sulfone groups is 1. The van der Waals surface area contributed by atoms with Gasteiger partial charge in [0.1, 0.15) is 9.84 Å². The molecule has 0 bridgehead atoms. The normalized spacial score (nSPS) is 10.9. The second-order valence-electron chi connectivity index (χ2n) is 4.01. The maximum atomic E-state index is 11.5. The van der Waals surface area contributed by atoms with Crippen molar-refractivity contribution in [1.82, 2.24) is 5.32 Å². The summed E-state index contributed by atoms with van der Waals surface area (Å²) in [5, 5.41) is 13.7. The number of hydrogen-bond donors (Lipinski definition) is 3. The van der Waals surface area contributed by atoms with E-state index in [4.69, 9.17) is 5.11 Å². The van der Waals surface area contributed by atoms with Crippen LogP contribution in [0.4, 0.5) is 10.5 Å². The molecule has 110 valence electrons. The van der Waals surface area contributed by atoms with Crippen molar-refractivity contribution in [2.75, 3.05) is 23.9 Å². The number of nitrogens with one attached hydrogen (secondary N) is 2. The highest BCUT2D eigenvalue weighted by Crippen LogP contribution is 2.21. The molecular formula is C11H13BrN2O5S. The number of halogens is 1. The second kappa shape index (κ2) is 6.71. The summed E-state index contributed by atoms with van der Waals surface area (Å²) in [7, 11) is -3.14. The first-order valence-corrected chi connectivity index (χ1v) is 8.30. The first kappa shape index (κ1) is 16.4. The first-order valence-electron chi connectivity index (χ1n) is 5.44. The Morgan fingerprint density at radius 2 is 2.00 bits per heavy atom. The van der Waals surface area contributed by atoms with Gasteiger partial charge in [0.2, 0.25) is 0 Å². The van der Waals surface area contributed by atoms with E-state index in [0.717, 1.165) is 6.26 Å². The summed E-state index contributed by atoms with van der Waals surface area (Å²) in [6.45, 7) is -0.0209. The predicted octanol–water partition coefficient (Wildman–Crippen LogP) is 1.31. The fraction of sp³-hybridized carbons (Fsp3) is 0.273. The van der Waals surface area contributed by atoms with Gasteiger partial charge in [0.15, 0.2) is 0 Å². The first-order chi connectivity index (χ1) is 9.19. The van der Waals surface area contributed by atoms with Crippen LogP contribution in [0.3, 0.4) is 0 Å². The lowest BCUT2D eigenvalue weighted by atomic mass is 10.2. The summed E-state index contributed by atoms with van der Waals surface area (Å²) in [5.41, 5.74) is 0.307. The second-order valence-corrected chi connectivity index (χ2v) is 7.12. The van der Waals surface area contributed by atoms with Crippen LogP contribution >= 0.6 is 15.9 Å². The van der Waals surface area contributed by atoms with Gasteiger partial charge in [0.25, 0.3) is 0 Å². The van der Waals surface area contributed by atoms with E-state index >= 15 is 0 Å². The van der Waals surface area contributed by atoms with Crippen LogP contribution in [0.5, 0.6) is 0 Å². The van der Waals surface area contributed by atoms with E-state index in [9.17, 15) is 18.0 Å². The van der Waals surface area contributed by atoms with E-state index in [2.05, 4.69) is 26.6 Å². The molecule has 0 aliphatic carbocycles. The van der Waals surface area contributed by atoms with E-state index < -0.39 is 21.8 Å². The molecule has 7 nitrogen and oxygen atoms in total. The molecule has 3 N–H and O–H groups in total. The van der Waals surface area contributed by atoms with Crippen LogP contribution in [0, 0.1) is 0 Å². The highest BCUT2D eigenvalue weighted by Gasteiger charge is 2.10. The van der Waals surface area contributed by atoms with E-state index in [1.165, 1.54) is 18.2 Å². The van der Waals surface area contributed by atoms with Crippen molar-refractivity contribution in [3.8, 4) is 0 Å². The van der Waals surface area contributed by atoms with Gasteiger partial charge >= 0.3 is 12.0 Å². The average molecular weight is 365 g/mol. The van der Waals surface area contributed by atoms with Gasteiger partial charge in [-0.3, -0.25) is 0 Å². The monoisotopic (exact) mass is 364 g/mol. The summed E-state index contributed by atoms with van der Waals surface area (Å²) in [6, 6.07) is 3.71. The number of carboxylic acids is 1. The molecule has 1 aromatic rings. The minimum absolute atomic E-state index is 0.0129. The quantitative estimate of drug-likeness (QED) is 0.728. The Kier molecular flexibility index (Phi) is 5.52. The number of carbonyl (C=O) groups excluding carboxylic acids is 1. The van der Waals surface area contributed by atoms with Crippen molar-refractivity contribution < 1.29 is 23.1 Å². The standard InChI is InChI=1S/C11H13BrN2O5S/c1-20(18,19)5-4-13-11(17)14-7-2-3-9(12)8(6-7)10(15)16/h2-3,6H,4-5H2,1H3,(H,15,16)(H2,13,14,17). The number of amides is 2. The minimum atomic E-state index is -3.14. The van der Waals surface area contributed by atoms with Gasteiger partial charge in [-0.25, -0.2) is 18.0 Å². The van der Waals surface area contributed by atoms with Gasteiger partial charge in [0.05, 0.1) is 11.3 Å². The van der Waals surface area contributed by atoms with Crippen LogP contribution in [-0.4, -0.2) is 44.1 Å². The molecule has 0 aromatic heterocycles. The molecule has 2 amide bonds. The molecule has 0 unspecified atom stereocenters. The van der Waals surface area contributed by atoms with Crippen molar-refractivity contribution in [2.24, 2.45) is 0 Å².